The van der Waals surface area contributed by atoms with Crippen molar-refractivity contribution in [2.75, 3.05) is 13.2 Å². The van der Waals surface area contributed by atoms with Gasteiger partial charge in [0, 0.05) is 40.0 Å². The molecule has 0 bridgehead atoms. The number of nitrogens with zero attached hydrogens (tertiary/aromatic N) is 2. The summed E-state index contributed by atoms with van der Waals surface area (Å²) in [5.41, 5.74) is 0.299. The van der Waals surface area contributed by atoms with Crippen LogP contribution in [0.4, 0.5) is 13.6 Å². The first kappa shape index (κ1) is 32.9. The maximum absolute atomic E-state index is 15.0. The zero-order chi connectivity index (χ0) is 30.4. The maximum Gasteiger partial charge on any atom is 0.407 e. The van der Waals surface area contributed by atoms with Gasteiger partial charge in [-0.3, -0.25) is 0 Å². The molecule has 12 heteroatoms. The molecule has 2 heterocycles. The van der Waals surface area contributed by atoms with Gasteiger partial charge in [0.25, 0.3) is 0 Å². The van der Waals surface area contributed by atoms with Crippen molar-refractivity contribution in [2.45, 2.75) is 78.1 Å². The SMILES string of the molecule is CC(C)(C)OC(=O)NCCCC(=S)Cc1cc(F)c(Oc2ccnc3c2c(Cl)cn3COCC[Si](C)(C)C)c(F)c1. The molecule has 0 fully saturated rings. The number of carbonyl (C=O) groups excluding carboxylic acids is 1. The van der Waals surface area contributed by atoms with Crippen molar-refractivity contribution in [1.82, 2.24) is 14.9 Å². The Kier molecular flexibility index (Phi) is 11.3. The monoisotopic (exact) mass is 625 g/mol. The van der Waals surface area contributed by atoms with E-state index in [0.717, 1.165) is 6.04 Å². The summed E-state index contributed by atoms with van der Waals surface area (Å²) in [5, 5.41) is 3.44. The maximum atomic E-state index is 15.0. The first-order valence-corrected chi connectivity index (χ1v) is 18.0. The number of ether oxygens (including phenoxy) is 3. The summed E-state index contributed by atoms with van der Waals surface area (Å²) >= 11 is 11.9. The number of hydrogen-bond donors (Lipinski definition) is 1. The molecule has 3 aromatic rings. The Bertz CT molecular complexity index is 1370. The summed E-state index contributed by atoms with van der Waals surface area (Å²) in [5.74, 6) is -2.07. The quantitative estimate of drug-likeness (QED) is 0.117. The second-order valence-corrected chi connectivity index (χ2v) is 18.6. The zero-order valence-corrected chi connectivity index (χ0v) is 27.0. The van der Waals surface area contributed by atoms with E-state index >= 15 is 8.78 Å². The number of fused-ring (bicyclic) bond motifs is 1. The van der Waals surface area contributed by atoms with Gasteiger partial charge < -0.3 is 24.1 Å². The average molecular weight is 626 g/mol. The first-order valence-electron chi connectivity index (χ1n) is 13.5. The van der Waals surface area contributed by atoms with Gasteiger partial charge in [0.2, 0.25) is 0 Å². The Morgan fingerprint density at radius 2 is 1.88 bits per heavy atom. The number of hydrogen-bond acceptors (Lipinski definition) is 6. The number of rotatable bonds is 13. The van der Waals surface area contributed by atoms with Crippen molar-refractivity contribution in [3.05, 3.63) is 52.8 Å². The highest BCUT2D eigenvalue weighted by Crippen LogP contribution is 2.37. The highest BCUT2D eigenvalue weighted by atomic mass is 35.5. The summed E-state index contributed by atoms with van der Waals surface area (Å²) in [6.45, 7) is 13.4. The van der Waals surface area contributed by atoms with Gasteiger partial charge in [0.05, 0.1) is 10.4 Å². The fourth-order valence-corrected chi connectivity index (χ4v) is 5.25. The van der Waals surface area contributed by atoms with Gasteiger partial charge in [-0.25, -0.2) is 18.6 Å². The molecular weight excluding hydrogens is 588 g/mol. The molecular formula is C29H38ClF2N3O4SSi. The number of amides is 1. The summed E-state index contributed by atoms with van der Waals surface area (Å²) in [6, 6.07) is 4.95. The number of aromatic nitrogens is 2. The number of thiocarbonyl (C=S) groups is 1. The van der Waals surface area contributed by atoms with Crippen molar-refractivity contribution in [2.24, 2.45) is 0 Å². The van der Waals surface area contributed by atoms with E-state index in [9.17, 15) is 4.79 Å². The van der Waals surface area contributed by atoms with E-state index in [-0.39, 0.29) is 18.9 Å². The van der Waals surface area contributed by atoms with E-state index in [1.165, 1.54) is 24.4 Å². The molecule has 2 aromatic heterocycles. The Labute approximate surface area is 251 Å². The molecule has 0 aliphatic heterocycles. The summed E-state index contributed by atoms with van der Waals surface area (Å²) in [7, 11) is -1.23. The molecule has 0 atom stereocenters. The van der Waals surface area contributed by atoms with Gasteiger partial charge in [-0.1, -0.05) is 43.5 Å². The number of nitrogens with one attached hydrogen (secondary N) is 1. The largest absolute Gasteiger partial charge is 0.450 e. The molecule has 7 nitrogen and oxygen atoms in total. The molecule has 224 valence electrons. The fraction of sp³-hybridized carbons (Fsp3) is 0.483. The zero-order valence-electron chi connectivity index (χ0n) is 24.4. The number of alkyl carbamates (subject to hydrolysis) is 1. The Hall–Kier alpha value is -2.60. The summed E-state index contributed by atoms with van der Waals surface area (Å²) < 4.78 is 48.5. The van der Waals surface area contributed by atoms with Gasteiger partial charge in [0.15, 0.2) is 17.4 Å². The molecule has 0 saturated carbocycles. The van der Waals surface area contributed by atoms with E-state index in [1.54, 1.807) is 31.5 Å². The third-order valence-electron chi connectivity index (χ3n) is 5.87. The Morgan fingerprint density at radius 1 is 1.20 bits per heavy atom. The predicted molar refractivity (Wildman–Crippen MR) is 165 cm³/mol. The minimum Gasteiger partial charge on any atom is -0.450 e. The van der Waals surface area contributed by atoms with Gasteiger partial charge in [-0.2, -0.15) is 0 Å². The van der Waals surface area contributed by atoms with Crippen LogP contribution in [0.5, 0.6) is 11.5 Å². The predicted octanol–water partition coefficient (Wildman–Crippen LogP) is 8.29. The lowest BCUT2D eigenvalue weighted by Crippen LogP contribution is -2.33. The van der Waals surface area contributed by atoms with Crippen molar-refractivity contribution in [3.8, 4) is 11.5 Å². The minimum atomic E-state index is -1.23. The van der Waals surface area contributed by atoms with E-state index in [0.29, 0.717) is 52.5 Å². The lowest BCUT2D eigenvalue weighted by molar-refractivity contribution is 0.0527. The Balaban J connectivity index is 1.62. The number of halogens is 3. The number of benzene rings is 1. The molecule has 0 unspecified atom stereocenters. The van der Waals surface area contributed by atoms with Crippen LogP contribution < -0.4 is 10.1 Å². The lowest BCUT2D eigenvalue weighted by Gasteiger charge is -2.19. The second-order valence-electron chi connectivity index (χ2n) is 12.0. The molecule has 1 aromatic carbocycles. The standard InChI is InChI=1S/C29H38ClF2N3O4SSi/c1-29(2,3)39-28(36)34-10-7-8-20(40)14-19-15-22(31)26(23(32)16-19)38-24-9-11-33-27-25(24)21(30)17-35(27)18-37-12-13-41(4,5)6/h9,11,15-17H,7-8,10,12-14,18H2,1-6H3,(H,34,36). The first-order chi connectivity index (χ1) is 19.1. The topological polar surface area (TPSA) is 74.6 Å². The van der Waals surface area contributed by atoms with Gasteiger partial charge in [0.1, 0.15) is 23.7 Å². The van der Waals surface area contributed by atoms with Crippen LogP contribution in [0, 0.1) is 11.6 Å². The van der Waals surface area contributed by atoms with Gasteiger partial charge in [-0.05, 0) is 68.3 Å². The van der Waals surface area contributed by atoms with Crippen molar-refractivity contribution < 1.29 is 27.8 Å². The van der Waals surface area contributed by atoms with Crippen molar-refractivity contribution in [3.63, 3.8) is 0 Å². The van der Waals surface area contributed by atoms with Crippen LogP contribution in [0.3, 0.4) is 0 Å². The van der Waals surface area contributed by atoms with Crippen molar-refractivity contribution in [1.29, 1.82) is 0 Å². The Morgan fingerprint density at radius 3 is 2.51 bits per heavy atom. The summed E-state index contributed by atoms with van der Waals surface area (Å²) in [4.78, 5) is 16.7. The molecule has 1 N–H and O–H groups in total. The van der Waals surface area contributed by atoms with E-state index in [4.69, 9.17) is 38.0 Å². The molecule has 0 radical (unpaired) electrons. The van der Waals surface area contributed by atoms with Crippen LogP contribution in [-0.2, 0) is 22.6 Å². The average Bonchev–Trinajstić information content (AvgIpc) is 3.16. The second kappa shape index (κ2) is 14.0. The van der Waals surface area contributed by atoms with Crippen LogP contribution >= 0.6 is 23.8 Å². The highest BCUT2D eigenvalue weighted by Gasteiger charge is 2.20. The lowest BCUT2D eigenvalue weighted by atomic mass is 10.1. The number of carbonyl (C=O) groups is 1. The van der Waals surface area contributed by atoms with Crippen LogP contribution in [0.2, 0.25) is 30.7 Å². The van der Waals surface area contributed by atoms with Crippen LogP contribution in [0.1, 0.15) is 39.2 Å². The fourth-order valence-electron chi connectivity index (χ4n) is 3.89. The van der Waals surface area contributed by atoms with E-state index in [2.05, 4.69) is 29.9 Å². The third kappa shape index (κ3) is 10.3. The summed E-state index contributed by atoms with van der Waals surface area (Å²) in [6.07, 6.45) is 3.94. The van der Waals surface area contributed by atoms with E-state index in [1.807, 2.05) is 0 Å². The normalized spacial score (nSPS) is 12.0. The van der Waals surface area contributed by atoms with Crippen LogP contribution in [0.25, 0.3) is 11.0 Å². The van der Waals surface area contributed by atoms with Crippen molar-refractivity contribution >= 4 is 53.9 Å². The minimum absolute atomic E-state index is 0.180. The van der Waals surface area contributed by atoms with Crippen LogP contribution in [-0.4, -0.2) is 47.3 Å². The van der Waals surface area contributed by atoms with Crippen LogP contribution in [0.15, 0.2) is 30.6 Å². The van der Waals surface area contributed by atoms with Gasteiger partial charge in [-0.15, -0.1) is 0 Å². The molecule has 3 rings (SSSR count). The molecule has 41 heavy (non-hydrogen) atoms. The molecule has 1 amide bonds. The molecule has 0 spiro atoms. The molecule has 0 aliphatic rings. The number of pyridine rings is 1. The highest BCUT2D eigenvalue weighted by molar-refractivity contribution is 7.80. The molecule has 0 saturated heterocycles. The van der Waals surface area contributed by atoms with Gasteiger partial charge >= 0.3 is 6.09 Å². The third-order valence-corrected chi connectivity index (χ3v) is 8.21. The molecule has 0 aliphatic carbocycles. The smallest absolute Gasteiger partial charge is 0.407 e. The van der Waals surface area contributed by atoms with E-state index < -0.39 is 37.2 Å².